The van der Waals surface area contributed by atoms with Gasteiger partial charge in [0.1, 0.15) is 0 Å². The summed E-state index contributed by atoms with van der Waals surface area (Å²) < 4.78 is 0. The summed E-state index contributed by atoms with van der Waals surface area (Å²) >= 11 is 0. The molecule has 0 aliphatic heterocycles. The summed E-state index contributed by atoms with van der Waals surface area (Å²) in [6, 6.07) is 0. The van der Waals surface area contributed by atoms with E-state index in [4.69, 9.17) is 0 Å². The fraction of sp³-hybridized carbons (Fsp3) is 0.882. The van der Waals surface area contributed by atoms with Crippen LogP contribution in [-0.4, -0.2) is 0 Å². The Morgan fingerprint density at radius 3 is 2.12 bits per heavy atom. The quantitative estimate of drug-likeness (QED) is 0.450. The largest absolute Gasteiger partial charge is 0.0849 e. The summed E-state index contributed by atoms with van der Waals surface area (Å²) in [5.41, 5.74) is 0.364. The maximum absolute atomic E-state index is 2.44. The first kappa shape index (κ1) is 16.7. The van der Waals surface area contributed by atoms with E-state index in [1.54, 1.807) is 0 Å². The van der Waals surface area contributed by atoms with Crippen LogP contribution in [0, 0.1) is 23.2 Å². The summed E-state index contributed by atoms with van der Waals surface area (Å²) in [7, 11) is 0. The van der Waals surface area contributed by atoms with E-state index >= 15 is 0 Å². The first-order valence-electron chi connectivity index (χ1n) is 7.51. The third kappa shape index (κ3) is 7.63. The summed E-state index contributed by atoms with van der Waals surface area (Å²) in [5, 5.41) is 0. The highest BCUT2D eigenvalue weighted by atomic mass is 14.2. The molecule has 3 unspecified atom stereocenters. The molecule has 0 heterocycles. The number of hydrogen-bond donors (Lipinski definition) is 0. The zero-order valence-corrected chi connectivity index (χ0v) is 13.2. The first-order chi connectivity index (χ1) is 7.82. The Morgan fingerprint density at radius 1 is 1.06 bits per heavy atom. The Morgan fingerprint density at radius 2 is 1.65 bits per heavy atom. The molecule has 0 amide bonds. The zero-order valence-electron chi connectivity index (χ0n) is 13.2. The minimum atomic E-state index is 0.364. The van der Waals surface area contributed by atoms with Crippen molar-refractivity contribution in [2.45, 2.75) is 74.1 Å². The Hall–Kier alpha value is -0.260. The van der Waals surface area contributed by atoms with Crippen molar-refractivity contribution >= 4 is 0 Å². The van der Waals surface area contributed by atoms with Gasteiger partial charge < -0.3 is 0 Å². The molecule has 0 saturated carbocycles. The molecule has 17 heavy (non-hydrogen) atoms. The highest BCUT2D eigenvalue weighted by molar-refractivity contribution is 4.97. The SMILES string of the molecule is CCCC(C)CC(C)C(C)C=CC(C)(C)CC. The lowest BCUT2D eigenvalue weighted by Gasteiger charge is -2.23. The molecule has 102 valence electrons. The van der Waals surface area contributed by atoms with Crippen molar-refractivity contribution < 1.29 is 0 Å². The van der Waals surface area contributed by atoms with E-state index < -0.39 is 0 Å². The summed E-state index contributed by atoms with van der Waals surface area (Å²) in [6.07, 6.45) is 10.1. The molecule has 0 radical (unpaired) electrons. The fourth-order valence-electron chi connectivity index (χ4n) is 2.18. The van der Waals surface area contributed by atoms with Crippen LogP contribution in [0.25, 0.3) is 0 Å². The average Bonchev–Trinajstić information content (AvgIpc) is 2.26. The Labute approximate surface area is 110 Å². The van der Waals surface area contributed by atoms with E-state index in [1.165, 1.54) is 25.7 Å². The van der Waals surface area contributed by atoms with Crippen molar-refractivity contribution in [3.63, 3.8) is 0 Å². The van der Waals surface area contributed by atoms with Gasteiger partial charge in [-0.2, -0.15) is 0 Å². The normalized spacial score (nSPS) is 18.3. The van der Waals surface area contributed by atoms with Gasteiger partial charge in [0.15, 0.2) is 0 Å². The van der Waals surface area contributed by atoms with E-state index in [0.29, 0.717) is 11.3 Å². The van der Waals surface area contributed by atoms with Crippen LogP contribution in [0.15, 0.2) is 12.2 Å². The molecular weight excluding hydrogens is 204 g/mol. The summed E-state index contributed by atoms with van der Waals surface area (Å²) in [5.74, 6) is 2.39. The van der Waals surface area contributed by atoms with Crippen molar-refractivity contribution in [1.82, 2.24) is 0 Å². The number of hydrogen-bond acceptors (Lipinski definition) is 0. The van der Waals surface area contributed by atoms with Crippen LogP contribution >= 0.6 is 0 Å². The highest BCUT2D eigenvalue weighted by Gasteiger charge is 2.15. The second-order valence-corrected chi connectivity index (χ2v) is 6.67. The van der Waals surface area contributed by atoms with Gasteiger partial charge in [-0.1, -0.05) is 73.5 Å². The van der Waals surface area contributed by atoms with Gasteiger partial charge in [-0.15, -0.1) is 0 Å². The van der Waals surface area contributed by atoms with Crippen LogP contribution < -0.4 is 0 Å². The van der Waals surface area contributed by atoms with E-state index in [1.807, 2.05) is 0 Å². The molecule has 0 aliphatic carbocycles. The molecule has 0 spiro atoms. The molecule has 3 atom stereocenters. The molecule has 0 aromatic rings. The summed E-state index contributed by atoms with van der Waals surface area (Å²) in [6.45, 7) is 16.4. The molecule has 0 bridgehead atoms. The van der Waals surface area contributed by atoms with Crippen molar-refractivity contribution in [3.8, 4) is 0 Å². The van der Waals surface area contributed by atoms with Crippen LogP contribution in [0.4, 0.5) is 0 Å². The standard InChI is InChI=1S/C17H34/c1-8-10-14(3)13-16(5)15(4)11-12-17(6,7)9-2/h11-12,14-16H,8-10,13H2,1-7H3. The number of rotatable bonds is 8. The summed E-state index contributed by atoms with van der Waals surface area (Å²) in [4.78, 5) is 0. The Bertz CT molecular complexity index is 212. The number of allylic oxidation sites excluding steroid dienone is 2. The third-order valence-corrected chi connectivity index (χ3v) is 4.22. The predicted molar refractivity (Wildman–Crippen MR) is 80.2 cm³/mol. The maximum atomic E-state index is 2.44. The van der Waals surface area contributed by atoms with Gasteiger partial charge >= 0.3 is 0 Å². The van der Waals surface area contributed by atoms with Crippen LogP contribution in [0.2, 0.25) is 0 Å². The molecule has 0 nitrogen and oxygen atoms in total. The van der Waals surface area contributed by atoms with Gasteiger partial charge in [0.2, 0.25) is 0 Å². The van der Waals surface area contributed by atoms with Gasteiger partial charge in [-0.25, -0.2) is 0 Å². The van der Waals surface area contributed by atoms with Crippen LogP contribution in [-0.2, 0) is 0 Å². The fourth-order valence-corrected chi connectivity index (χ4v) is 2.18. The van der Waals surface area contributed by atoms with E-state index in [9.17, 15) is 0 Å². The first-order valence-corrected chi connectivity index (χ1v) is 7.51. The minimum absolute atomic E-state index is 0.364. The van der Waals surface area contributed by atoms with Crippen molar-refractivity contribution in [3.05, 3.63) is 12.2 Å². The smallest absolute Gasteiger partial charge is 0.0177 e. The maximum Gasteiger partial charge on any atom is -0.0177 e. The van der Waals surface area contributed by atoms with Gasteiger partial charge in [0, 0.05) is 0 Å². The van der Waals surface area contributed by atoms with Crippen LogP contribution in [0.3, 0.4) is 0 Å². The predicted octanol–water partition coefficient (Wildman–Crippen LogP) is 6.08. The van der Waals surface area contributed by atoms with Gasteiger partial charge in [-0.3, -0.25) is 0 Å². The van der Waals surface area contributed by atoms with E-state index in [2.05, 4.69) is 60.6 Å². The van der Waals surface area contributed by atoms with Crippen LogP contribution in [0.5, 0.6) is 0 Å². The lowest BCUT2D eigenvalue weighted by molar-refractivity contribution is 0.338. The van der Waals surface area contributed by atoms with E-state index in [0.717, 1.165) is 11.8 Å². The Balaban J connectivity index is 4.17. The highest BCUT2D eigenvalue weighted by Crippen LogP contribution is 2.27. The van der Waals surface area contributed by atoms with Crippen molar-refractivity contribution in [2.75, 3.05) is 0 Å². The van der Waals surface area contributed by atoms with Crippen molar-refractivity contribution in [1.29, 1.82) is 0 Å². The topological polar surface area (TPSA) is 0 Å². The van der Waals surface area contributed by atoms with Gasteiger partial charge in [-0.05, 0) is 36.0 Å². The van der Waals surface area contributed by atoms with Crippen LogP contribution in [0.1, 0.15) is 74.1 Å². The lowest BCUT2D eigenvalue weighted by atomic mass is 9.83. The monoisotopic (exact) mass is 238 g/mol. The molecule has 0 aromatic heterocycles. The third-order valence-electron chi connectivity index (χ3n) is 4.22. The molecule has 0 aromatic carbocycles. The molecule has 0 fully saturated rings. The second kappa shape index (κ2) is 7.95. The van der Waals surface area contributed by atoms with Gasteiger partial charge in [0.05, 0.1) is 0 Å². The minimum Gasteiger partial charge on any atom is -0.0849 e. The van der Waals surface area contributed by atoms with E-state index in [-0.39, 0.29) is 0 Å². The molecule has 0 rings (SSSR count). The lowest BCUT2D eigenvalue weighted by Crippen LogP contribution is -2.12. The molecule has 0 heteroatoms. The molecule has 0 N–H and O–H groups in total. The Kier molecular flexibility index (Phi) is 7.83. The second-order valence-electron chi connectivity index (χ2n) is 6.67. The van der Waals surface area contributed by atoms with Crippen molar-refractivity contribution in [2.24, 2.45) is 23.2 Å². The zero-order chi connectivity index (χ0) is 13.5. The van der Waals surface area contributed by atoms with Gasteiger partial charge in [0.25, 0.3) is 0 Å². The molecule has 0 saturated heterocycles. The molecular formula is C17H34. The molecule has 0 aliphatic rings. The average molecular weight is 238 g/mol.